The summed E-state index contributed by atoms with van der Waals surface area (Å²) in [6.45, 7) is 1.45. The van der Waals surface area contributed by atoms with E-state index in [4.69, 9.17) is 11.6 Å². The fourth-order valence-electron chi connectivity index (χ4n) is 4.10. The third kappa shape index (κ3) is 6.22. The minimum absolute atomic E-state index is 0.0331. The number of nitrogens with one attached hydrogen (secondary N) is 3. The summed E-state index contributed by atoms with van der Waals surface area (Å²) in [5, 5.41) is 6.28. The molecule has 2 heterocycles. The van der Waals surface area contributed by atoms with Gasteiger partial charge in [0.15, 0.2) is 0 Å². The van der Waals surface area contributed by atoms with Gasteiger partial charge in [-0.3, -0.25) is 4.79 Å². The number of amides is 1. The van der Waals surface area contributed by atoms with Gasteiger partial charge in [-0.25, -0.2) is 13.1 Å². The lowest BCUT2D eigenvalue weighted by Gasteiger charge is -2.30. The van der Waals surface area contributed by atoms with E-state index in [2.05, 4.69) is 39.6 Å². The highest BCUT2D eigenvalue weighted by Crippen LogP contribution is 2.27. The van der Waals surface area contributed by atoms with Crippen molar-refractivity contribution < 1.29 is 13.2 Å². The van der Waals surface area contributed by atoms with Crippen molar-refractivity contribution >= 4 is 38.9 Å². The molecule has 6 nitrogen and oxygen atoms in total. The zero-order valence-electron chi connectivity index (χ0n) is 17.9. The molecule has 1 aliphatic heterocycles. The number of hydrogen-bond donors (Lipinski definition) is 3. The van der Waals surface area contributed by atoms with Crippen LogP contribution in [0.15, 0.2) is 77.0 Å². The molecule has 1 aromatic heterocycles. The van der Waals surface area contributed by atoms with E-state index >= 15 is 0 Å². The first-order chi connectivity index (χ1) is 15.9. The monoisotopic (exact) mass is 503 g/mol. The topological polar surface area (TPSA) is 87.3 Å². The van der Waals surface area contributed by atoms with Crippen molar-refractivity contribution in [2.45, 2.75) is 22.6 Å². The molecule has 3 N–H and O–H groups in total. The van der Waals surface area contributed by atoms with Gasteiger partial charge >= 0.3 is 0 Å². The maximum atomic E-state index is 13.0. The fourth-order valence-corrected chi connectivity index (χ4v) is 6.85. The van der Waals surface area contributed by atoms with Crippen LogP contribution >= 0.6 is 22.9 Å². The van der Waals surface area contributed by atoms with E-state index in [0.717, 1.165) is 22.5 Å². The predicted molar refractivity (Wildman–Crippen MR) is 132 cm³/mol. The lowest BCUT2D eigenvalue weighted by molar-refractivity contribution is -0.125. The highest BCUT2D eigenvalue weighted by molar-refractivity contribution is 7.91. The predicted octanol–water partition coefficient (Wildman–Crippen LogP) is 3.61. The van der Waals surface area contributed by atoms with Crippen LogP contribution in [0.4, 0.5) is 0 Å². The van der Waals surface area contributed by atoms with Crippen LogP contribution < -0.4 is 15.4 Å². The van der Waals surface area contributed by atoms with Crippen molar-refractivity contribution in [1.29, 1.82) is 0 Å². The van der Waals surface area contributed by atoms with Gasteiger partial charge < -0.3 is 10.6 Å². The van der Waals surface area contributed by atoms with Gasteiger partial charge in [0.2, 0.25) is 15.9 Å². The Morgan fingerprint density at radius 1 is 1.00 bits per heavy atom. The van der Waals surface area contributed by atoms with Gasteiger partial charge in [-0.15, -0.1) is 11.3 Å². The number of rotatable bonds is 8. The van der Waals surface area contributed by atoms with Crippen molar-refractivity contribution in [3.05, 3.63) is 88.3 Å². The van der Waals surface area contributed by atoms with Gasteiger partial charge in [0.05, 0.1) is 10.3 Å². The van der Waals surface area contributed by atoms with E-state index in [1.807, 2.05) is 36.4 Å². The Labute approximate surface area is 203 Å². The lowest BCUT2D eigenvalue weighted by Crippen LogP contribution is -2.52. The Bertz CT molecular complexity index is 1130. The normalized spacial score (nSPS) is 18.8. The van der Waals surface area contributed by atoms with Crippen LogP contribution in [0.5, 0.6) is 0 Å². The summed E-state index contributed by atoms with van der Waals surface area (Å²) in [4.78, 5) is 13.0. The van der Waals surface area contributed by atoms with Crippen molar-refractivity contribution in [2.24, 2.45) is 5.92 Å². The van der Waals surface area contributed by atoms with Gasteiger partial charge in [-0.1, -0.05) is 72.3 Å². The molecule has 0 saturated carbocycles. The minimum atomic E-state index is -3.67. The highest BCUT2D eigenvalue weighted by atomic mass is 35.5. The van der Waals surface area contributed by atoms with Gasteiger partial charge in [0.1, 0.15) is 4.21 Å². The zero-order chi connectivity index (χ0) is 23.3. The van der Waals surface area contributed by atoms with Crippen molar-refractivity contribution in [1.82, 2.24) is 15.4 Å². The average Bonchev–Trinajstić information content (AvgIpc) is 3.28. The number of piperidine rings is 1. The number of hydrogen-bond acceptors (Lipinski definition) is 5. The van der Waals surface area contributed by atoms with E-state index in [1.54, 1.807) is 6.07 Å². The van der Waals surface area contributed by atoms with E-state index in [1.165, 1.54) is 6.07 Å². The number of halogens is 1. The summed E-state index contributed by atoms with van der Waals surface area (Å²) in [5.41, 5.74) is 2.26. The molecule has 0 bridgehead atoms. The number of thiophene rings is 1. The Morgan fingerprint density at radius 3 is 2.21 bits per heavy atom. The van der Waals surface area contributed by atoms with E-state index < -0.39 is 10.0 Å². The Kier molecular flexibility index (Phi) is 7.82. The summed E-state index contributed by atoms with van der Waals surface area (Å²) in [7, 11) is -3.67. The molecule has 2 atom stereocenters. The Balaban J connectivity index is 1.39. The van der Waals surface area contributed by atoms with Gasteiger partial charge in [-0.05, 0) is 29.7 Å². The Morgan fingerprint density at radius 2 is 1.64 bits per heavy atom. The molecule has 174 valence electrons. The first-order valence-electron chi connectivity index (χ1n) is 10.8. The maximum Gasteiger partial charge on any atom is 0.250 e. The number of benzene rings is 2. The highest BCUT2D eigenvalue weighted by Gasteiger charge is 2.31. The van der Waals surface area contributed by atoms with E-state index in [9.17, 15) is 13.2 Å². The standard InChI is InChI=1S/C24H26ClN3O3S2/c25-22-11-12-23(32-22)33(30,31)28-20-13-19(14-26-15-20)24(29)27-16-21(17-7-3-1-4-8-17)18-9-5-2-6-10-18/h1-12,19-21,26,28H,13-16H2,(H,27,29)/t19-,20-/m0/s1. The van der Waals surface area contributed by atoms with Crippen LogP contribution in [0, 0.1) is 5.92 Å². The first-order valence-corrected chi connectivity index (χ1v) is 13.5. The SMILES string of the molecule is O=C(NCC(c1ccccc1)c1ccccc1)[C@@H]1CNC[C@@H](NS(=O)(=O)c2ccc(Cl)s2)C1. The van der Waals surface area contributed by atoms with Gasteiger partial charge in [-0.2, -0.15) is 0 Å². The molecule has 1 aliphatic rings. The molecule has 3 aromatic rings. The largest absolute Gasteiger partial charge is 0.355 e. The molecule has 2 aromatic carbocycles. The molecule has 1 amide bonds. The summed E-state index contributed by atoms with van der Waals surface area (Å²) in [6.07, 6.45) is 0.429. The van der Waals surface area contributed by atoms with Crippen LogP contribution in [-0.2, 0) is 14.8 Å². The molecule has 0 spiro atoms. The molecule has 0 aliphatic carbocycles. The quantitative estimate of drug-likeness (QED) is 0.438. The first kappa shape index (κ1) is 23.9. The molecule has 0 unspecified atom stereocenters. The molecule has 9 heteroatoms. The molecule has 4 rings (SSSR count). The lowest BCUT2D eigenvalue weighted by atomic mass is 9.90. The number of carbonyl (C=O) groups is 1. The third-order valence-corrected chi connectivity index (χ3v) is 8.98. The van der Waals surface area contributed by atoms with Crippen LogP contribution in [-0.4, -0.2) is 40.0 Å². The van der Waals surface area contributed by atoms with Crippen molar-refractivity contribution in [2.75, 3.05) is 19.6 Å². The zero-order valence-corrected chi connectivity index (χ0v) is 20.3. The fraction of sp³-hybridized carbons (Fsp3) is 0.292. The van der Waals surface area contributed by atoms with Gasteiger partial charge in [0, 0.05) is 31.6 Å². The van der Waals surface area contributed by atoms with Crippen LogP contribution in [0.1, 0.15) is 23.5 Å². The summed E-state index contributed by atoms with van der Waals surface area (Å²) in [5.74, 6) is -0.376. The molecular weight excluding hydrogens is 478 g/mol. The molecule has 33 heavy (non-hydrogen) atoms. The number of sulfonamides is 1. The Hall–Kier alpha value is -2.23. The minimum Gasteiger partial charge on any atom is -0.355 e. The van der Waals surface area contributed by atoms with E-state index in [-0.39, 0.29) is 28.0 Å². The third-order valence-electron chi connectivity index (χ3n) is 5.74. The van der Waals surface area contributed by atoms with Crippen LogP contribution in [0.2, 0.25) is 4.34 Å². The number of carbonyl (C=O) groups excluding carboxylic acids is 1. The molecule has 0 radical (unpaired) electrons. The van der Waals surface area contributed by atoms with Gasteiger partial charge in [0.25, 0.3) is 0 Å². The second kappa shape index (κ2) is 10.8. The summed E-state index contributed by atoms with van der Waals surface area (Å²) in [6, 6.07) is 22.9. The van der Waals surface area contributed by atoms with Crippen molar-refractivity contribution in [3.63, 3.8) is 0 Å². The molecular formula is C24H26ClN3O3S2. The maximum absolute atomic E-state index is 13.0. The molecule has 1 saturated heterocycles. The van der Waals surface area contributed by atoms with Crippen LogP contribution in [0.25, 0.3) is 0 Å². The van der Waals surface area contributed by atoms with Crippen molar-refractivity contribution in [3.8, 4) is 0 Å². The smallest absolute Gasteiger partial charge is 0.250 e. The second-order valence-corrected chi connectivity index (χ2v) is 11.7. The average molecular weight is 504 g/mol. The summed E-state index contributed by atoms with van der Waals surface area (Å²) < 4.78 is 28.6. The van der Waals surface area contributed by atoms with Crippen LogP contribution in [0.3, 0.4) is 0 Å². The second-order valence-electron chi connectivity index (χ2n) is 8.09. The van der Waals surface area contributed by atoms with E-state index in [0.29, 0.717) is 30.4 Å². The summed E-state index contributed by atoms with van der Waals surface area (Å²) >= 11 is 6.90. The molecule has 1 fully saturated rings.